The molecule has 0 aliphatic carbocycles. The summed E-state index contributed by atoms with van der Waals surface area (Å²) in [5.74, 6) is 0.550. The molecule has 1 aromatic carbocycles. The lowest BCUT2D eigenvalue weighted by Gasteiger charge is -2.15. The number of anilines is 1. The second kappa shape index (κ2) is 8.73. The van der Waals surface area contributed by atoms with Gasteiger partial charge in [0, 0.05) is 19.3 Å². The molecule has 1 N–H and O–H groups in total. The summed E-state index contributed by atoms with van der Waals surface area (Å²) in [5, 5.41) is 3.38. The van der Waals surface area contributed by atoms with E-state index in [1.54, 1.807) is 31.4 Å². The van der Waals surface area contributed by atoms with Crippen molar-refractivity contribution in [3.63, 3.8) is 0 Å². The Balaban J connectivity index is 1.58. The molecule has 2 aromatic rings. The van der Waals surface area contributed by atoms with E-state index in [9.17, 15) is 13.2 Å². The Labute approximate surface area is 163 Å². The van der Waals surface area contributed by atoms with Gasteiger partial charge in [0.2, 0.25) is 15.9 Å². The molecule has 2 heterocycles. The fraction of sp³-hybridized carbons (Fsp3) is 0.333. The van der Waals surface area contributed by atoms with Gasteiger partial charge in [-0.1, -0.05) is 23.9 Å². The number of sulfonamides is 1. The average Bonchev–Trinajstić information content (AvgIpc) is 3.23. The van der Waals surface area contributed by atoms with Gasteiger partial charge in [0.15, 0.2) is 0 Å². The van der Waals surface area contributed by atoms with Gasteiger partial charge in [0.05, 0.1) is 23.6 Å². The highest BCUT2D eigenvalue weighted by molar-refractivity contribution is 7.99. The molecule has 3 rings (SSSR count). The Morgan fingerprint density at radius 3 is 2.63 bits per heavy atom. The van der Waals surface area contributed by atoms with Crippen molar-refractivity contribution in [2.24, 2.45) is 0 Å². The summed E-state index contributed by atoms with van der Waals surface area (Å²) in [6, 6.07) is 10.3. The fourth-order valence-electron chi connectivity index (χ4n) is 2.76. The second-order valence-electron chi connectivity index (χ2n) is 5.98. The number of carbonyl (C=O) groups is 1. The van der Waals surface area contributed by atoms with Crippen molar-refractivity contribution >= 4 is 33.4 Å². The van der Waals surface area contributed by atoms with Crippen LogP contribution in [0.2, 0.25) is 0 Å². The van der Waals surface area contributed by atoms with Crippen LogP contribution in [0.25, 0.3) is 0 Å². The third kappa shape index (κ3) is 4.79. The monoisotopic (exact) mass is 407 g/mol. The average molecular weight is 408 g/mol. The predicted molar refractivity (Wildman–Crippen MR) is 105 cm³/mol. The van der Waals surface area contributed by atoms with Crippen LogP contribution in [0.15, 0.2) is 52.5 Å². The number of benzene rings is 1. The number of pyridine rings is 1. The van der Waals surface area contributed by atoms with Crippen LogP contribution in [0.5, 0.6) is 5.75 Å². The molecule has 1 aromatic heterocycles. The van der Waals surface area contributed by atoms with E-state index < -0.39 is 10.0 Å². The highest BCUT2D eigenvalue weighted by Crippen LogP contribution is 2.25. The van der Waals surface area contributed by atoms with Gasteiger partial charge in [-0.3, -0.25) is 4.79 Å². The van der Waals surface area contributed by atoms with Crippen LogP contribution in [-0.4, -0.2) is 49.6 Å². The SMILES string of the molecule is COc1ccccc1NC(=O)CSc1ccc(S(=O)(=O)N2CCCC2)cn1. The normalized spacial score (nSPS) is 14.9. The molecule has 1 aliphatic heterocycles. The van der Waals surface area contributed by atoms with Crippen molar-refractivity contribution in [3.05, 3.63) is 42.6 Å². The molecule has 7 nitrogen and oxygen atoms in total. The number of thioether (sulfide) groups is 1. The van der Waals surface area contributed by atoms with Crippen LogP contribution in [-0.2, 0) is 14.8 Å². The first-order chi connectivity index (χ1) is 13.0. The van der Waals surface area contributed by atoms with Gasteiger partial charge < -0.3 is 10.1 Å². The zero-order valence-corrected chi connectivity index (χ0v) is 16.6. The van der Waals surface area contributed by atoms with E-state index in [2.05, 4.69) is 10.3 Å². The molecule has 0 bridgehead atoms. The topological polar surface area (TPSA) is 88.6 Å². The summed E-state index contributed by atoms with van der Waals surface area (Å²) in [4.78, 5) is 16.5. The minimum atomic E-state index is -3.47. The fourth-order valence-corrected chi connectivity index (χ4v) is 4.86. The summed E-state index contributed by atoms with van der Waals surface area (Å²) in [5.41, 5.74) is 0.602. The molecule has 0 radical (unpaired) electrons. The Kier molecular flexibility index (Phi) is 6.35. The summed E-state index contributed by atoms with van der Waals surface area (Å²) < 4.78 is 31.6. The molecule has 1 saturated heterocycles. The maximum atomic E-state index is 12.5. The van der Waals surface area contributed by atoms with Crippen molar-refractivity contribution in [3.8, 4) is 5.75 Å². The van der Waals surface area contributed by atoms with Gasteiger partial charge in [-0.25, -0.2) is 13.4 Å². The number of carbonyl (C=O) groups excluding carboxylic acids is 1. The van der Waals surface area contributed by atoms with E-state index in [4.69, 9.17) is 4.74 Å². The van der Waals surface area contributed by atoms with Gasteiger partial charge in [-0.05, 0) is 37.1 Å². The Bertz CT molecular complexity index is 895. The predicted octanol–water partition coefficient (Wildman–Crippen LogP) is 2.61. The van der Waals surface area contributed by atoms with Crippen LogP contribution >= 0.6 is 11.8 Å². The maximum Gasteiger partial charge on any atom is 0.244 e. The highest BCUT2D eigenvalue weighted by atomic mass is 32.2. The van der Waals surface area contributed by atoms with Crippen LogP contribution in [0, 0.1) is 0 Å². The first-order valence-electron chi connectivity index (χ1n) is 8.52. The van der Waals surface area contributed by atoms with Crippen molar-refractivity contribution in [1.82, 2.24) is 9.29 Å². The van der Waals surface area contributed by atoms with Crippen LogP contribution in [0.3, 0.4) is 0 Å². The summed E-state index contributed by atoms with van der Waals surface area (Å²) in [6.07, 6.45) is 3.14. The lowest BCUT2D eigenvalue weighted by molar-refractivity contribution is -0.113. The number of hydrogen-bond acceptors (Lipinski definition) is 6. The molecule has 9 heteroatoms. The molecule has 1 aliphatic rings. The summed E-state index contributed by atoms with van der Waals surface area (Å²) in [7, 11) is -1.92. The highest BCUT2D eigenvalue weighted by Gasteiger charge is 2.27. The van der Waals surface area contributed by atoms with Gasteiger partial charge in [0.1, 0.15) is 10.6 Å². The number of amides is 1. The maximum absolute atomic E-state index is 12.5. The molecule has 1 amide bonds. The van der Waals surface area contributed by atoms with E-state index in [0.29, 0.717) is 29.6 Å². The zero-order chi connectivity index (χ0) is 19.3. The Morgan fingerprint density at radius 1 is 1.22 bits per heavy atom. The Hall–Kier alpha value is -2.10. The number of rotatable bonds is 7. The van der Waals surface area contributed by atoms with Crippen LogP contribution < -0.4 is 10.1 Å². The van der Waals surface area contributed by atoms with E-state index >= 15 is 0 Å². The van der Waals surface area contributed by atoms with E-state index in [-0.39, 0.29) is 16.6 Å². The molecule has 0 spiro atoms. The number of nitrogens with one attached hydrogen (secondary N) is 1. The quantitative estimate of drug-likeness (QED) is 0.710. The molecular weight excluding hydrogens is 386 g/mol. The standard InChI is InChI=1S/C18H21N3O4S2/c1-25-16-7-3-2-6-15(16)20-17(22)13-26-18-9-8-14(12-19-18)27(23,24)21-10-4-5-11-21/h2-3,6-9,12H,4-5,10-11,13H2,1H3,(H,20,22). The van der Waals surface area contributed by atoms with Crippen molar-refractivity contribution in [2.75, 3.05) is 31.3 Å². The number of nitrogens with zero attached hydrogens (tertiary/aromatic N) is 2. The van der Waals surface area contributed by atoms with Crippen LogP contribution in [0.1, 0.15) is 12.8 Å². The number of ether oxygens (including phenoxy) is 1. The molecule has 0 atom stereocenters. The number of methoxy groups -OCH3 is 1. The van der Waals surface area contributed by atoms with Crippen molar-refractivity contribution < 1.29 is 17.9 Å². The Morgan fingerprint density at radius 2 is 1.96 bits per heavy atom. The first kappa shape index (κ1) is 19.7. The zero-order valence-electron chi connectivity index (χ0n) is 14.9. The van der Waals surface area contributed by atoms with E-state index in [1.807, 2.05) is 12.1 Å². The minimum absolute atomic E-state index is 0.156. The minimum Gasteiger partial charge on any atom is -0.495 e. The number of aromatic nitrogens is 1. The largest absolute Gasteiger partial charge is 0.495 e. The molecule has 1 fully saturated rings. The first-order valence-corrected chi connectivity index (χ1v) is 10.9. The number of para-hydroxylation sites is 2. The van der Waals surface area contributed by atoms with Crippen molar-refractivity contribution in [2.45, 2.75) is 22.8 Å². The van der Waals surface area contributed by atoms with Gasteiger partial charge in [0.25, 0.3) is 0 Å². The molecule has 0 unspecified atom stereocenters. The smallest absolute Gasteiger partial charge is 0.244 e. The van der Waals surface area contributed by atoms with Crippen LogP contribution in [0.4, 0.5) is 5.69 Å². The van der Waals surface area contributed by atoms with Gasteiger partial charge in [-0.2, -0.15) is 4.31 Å². The van der Waals surface area contributed by atoms with Gasteiger partial charge in [-0.15, -0.1) is 0 Å². The third-order valence-electron chi connectivity index (χ3n) is 4.14. The lowest BCUT2D eigenvalue weighted by Crippen LogP contribution is -2.27. The lowest BCUT2D eigenvalue weighted by atomic mass is 10.3. The third-order valence-corrected chi connectivity index (χ3v) is 6.97. The molecule has 144 valence electrons. The van der Waals surface area contributed by atoms with E-state index in [1.165, 1.54) is 22.3 Å². The van der Waals surface area contributed by atoms with Crippen molar-refractivity contribution in [1.29, 1.82) is 0 Å². The second-order valence-corrected chi connectivity index (χ2v) is 8.91. The molecule has 0 saturated carbocycles. The van der Waals surface area contributed by atoms with E-state index in [0.717, 1.165) is 12.8 Å². The number of hydrogen-bond donors (Lipinski definition) is 1. The molecule has 27 heavy (non-hydrogen) atoms. The van der Waals surface area contributed by atoms with Gasteiger partial charge >= 0.3 is 0 Å². The summed E-state index contributed by atoms with van der Waals surface area (Å²) >= 11 is 1.24. The summed E-state index contributed by atoms with van der Waals surface area (Å²) in [6.45, 7) is 1.11. The molecular formula is C18H21N3O4S2.